The van der Waals surface area contributed by atoms with Gasteiger partial charge in [-0.25, -0.2) is 4.57 Å². The van der Waals surface area contributed by atoms with Crippen LogP contribution in [-0.4, -0.2) is 4.57 Å². The molecule has 0 N–H and O–H groups in total. The molecular formula is C36H39N2+. The van der Waals surface area contributed by atoms with Crippen molar-refractivity contribution in [3.63, 3.8) is 0 Å². The molecule has 2 heteroatoms. The molecular weight excluding hydrogens is 460 g/mol. The Hall–Kier alpha value is -3.91. The van der Waals surface area contributed by atoms with Gasteiger partial charge in [0, 0.05) is 15.2 Å². The molecule has 0 amide bonds. The normalized spacial score (nSPS) is 13.0. The van der Waals surface area contributed by atoms with Gasteiger partial charge in [-0.1, -0.05) is 94.4 Å². The van der Waals surface area contributed by atoms with E-state index in [1.165, 1.54) is 27.9 Å². The smallest absolute Gasteiger partial charge is 0.232 e. The van der Waals surface area contributed by atoms with E-state index in [0.29, 0.717) is 17.4 Å². The Kier molecular flexibility index (Phi) is 6.08. The van der Waals surface area contributed by atoms with Crippen molar-refractivity contribution < 1.29 is 8.68 Å². The average molecular weight is 503 g/mol. The highest BCUT2D eigenvalue weighted by molar-refractivity contribution is 5.78. The van der Waals surface area contributed by atoms with Crippen LogP contribution in [0.25, 0.3) is 39.3 Å². The van der Waals surface area contributed by atoms with Gasteiger partial charge < -0.3 is 0 Å². The van der Waals surface area contributed by atoms with Gasteiger partial charge in [-0.15, -0.1) is 0 Å². The molecule has 0 aliphatic rings. The zero-order chi connectivity index (χ0) is 29.5. The number of imidazole rings is 1. The van der Waals surface area contributed by atoms with Crippen molar-refractivity contribution in [1.82, 2.24) is 4.57 Å². The topological polar surface area (TPSA) is 8.81 Å². The summed E-state index contributed by atoms with van der Waals surface area (Å²) in [5.74, 6) is 1.68. The third kappa shape index (κ3) is 4.60. The van der Waals surface area contributed by atoms with Gasteiger partial charge in [0.2, 0.25) is 0 Å². The predicted octanol–water partition coefficient (Wildman–Crippen LogP) is 9.17. The molecule has 0 unspecified atom stereocenters. The highest BCUT2D eigenvalue weighted by Gasteiger charge is 2.28. The fourth-order valence-corrected chi connectivity index (χ4v) is 5.50. The summed E-state index contributed by atoms with van der Waals surface area (Å²) in [5.41, 5.74) is 10.5. The first-order valence-corrected chi connectivity index (χ1v) is 13.5. The second-order valence-electron chi connectivity index (χ2n) is 10.8. The summed E-state index contributed by atoms with van der Waals surface area (Å²) < 4.78 is 28.9. The van der Waals surface area contributed by atoms with E-state index in [1.54, 1.807) is 12.1 Å². The van der Waals surface area contributed by atoms with Gasteiger partial charge >= 0.3 is 0 Å². The van der Waals surface area contributed by atoms with E-state index in [9.17, 15) is 0 Å². The summed E-state index contributed by atoms with van der Waals surface area (Å²) >= 11 is 0. The van der Waals surface area contributed by atoms with Gasteiger partial charge in [0.05, 0.1) is 12.6 Å². The van der Waals surface area contributed by atoms with Gasteiger partial charge in [-0.3, -0.25) is 0 Å². The van der Waals surface area contributed by atoms with Crippen LogP contribution in [0.5, 0.6) is 0 Å². The summed E-state index contributed by atoms with van der Waals surface area (Å²) in [6.07, 6.45) is 4.27. The standard InChI is InChI=1S/C36H39N2/c1-24(2)33-22-29(28-15-9-8-10-16-28)23-34(25(3)4)35(33)38-21-20-37(7)36(38)32-19-13-18-31(27(32)6)30-17-12-11-14-26(30)5/h8-25H,1-7H3/q+1/i5D3. The van der Waals surface area contributed by atoms with Gasteiger partial charge in [0.1, 0.15) is 18.1 Å². The minimum Gasteiger partial charge on any atom is -0.232 e. The summed E-state index contributed by atoms with van der Waals surface area (Å²) in [4.78, 5) is 0. The van der Waals surface area contributed by atoms with E-state index in [4.69, 9.17) is 4.11 Å². The molecule has 1 aromatic heterocycles. The van der Waals surface area contributed by atoms with Crippen LogP contribution < -0.4 is 4.57 Å². The van der Waals surface area contributed by atoms with E-state index in [1.807, 2.05) is 24.3 Å². The molecule has 0 radical (unpaired) electrons. The number of aromatic nitrogens is 2. The van der Waals surface area contributed by atoms with Crippen molar-refractivity contribution in [2.45, 2.75) is 53.3 Å². The molecule has 2 nitrogen and oxygen atoms in total. The van der Waals surface area contributed by atoms with E-state index >= 15 is 0 Å². The van der Waals surface area contributed by atoms with E-state index in [2.05, 4.69) is 112 Å². The van der Waals surface area contributed by atoms with Crippen molar-refractivity contribution in [2.24, 2.45) is 7.05 Å². The first-order valence-electron chi connectivity index (χ1n) is 15.0. The minimum atomic E-state index is -2.19. The Morgan fingerprint density at radius 2 is 1.32 bits per heavy atom. The van der Waals surface area contributed by atoms with Crippen molar-refractivity contribution in [3.8, 4) is 39.3 Å². The van der Waals surface area contributed by atoms with Crippen molar-refractivity contribution in [2.75, 3.05) is 0 Å². The van der Waals surface area contributed by atoms with Gasteiger partial charge in [0.15, 0.2) is 0 Å². The van der Waals surface area contributed by atoms with Gasteiger partial charge in [-0.2, -0.15) is 4.57 Å². The lowest BCUT2D eigenvalue weighted by atomic mass is 9.88. The largest absolute Gasteiger partial charge is 0.294 e. The molecule has 0 atom stereocenters. The predicted molar refractivity (Wildman–Crippen MR) is 161 cm³/mol. The molecule has 0 bridgehead atoms. The van der Waals surface area contributed by atoms with Gasteiger partial charge in [-0.05, 0) is 77.2 Å². The lowest BCUT2D eigenvalue weighted by Crippen LogP contribution is -2.29. The second kappa shape index (κ2) is 10.5. The maximum absolute atomic E-state index is 8.14. The number of hydrogen-bond donors (Lipinski definition) is 0. The van der Waals surface area contributed by atoms with Gasteiger partial charge in [0.25, 0.3) is 5.82 Å². The summed E-state index contributed by atoms with van der Waals surface area (Å²) in [6, 6.07) is 28.9. The highest BCUT2D eigenvalue weighted by atomic mass is 15.1. The molecule has 4 aromatic carbocycles. The van der Waals surface area contributed by atoms with Crippen LogP contribution in [0.1, 0.15) is 65.9 Å². The van der Waals surface area contributed by atoms with Crippen LogP contribution >= 0.6 is 0 Å². The number of nitrogens with zero attached hydrogens (tertiary/aromatic N) is 2. The molecule has 192 valence electrons. The van der Waals surface area contributed by atoms with Crippen LogP contribution in [-0.2, 0) is 7.05 Å². The molecule has 0 fully saturated rings. The molecule has 5 rings (SSSR count). The Balaban J connectivity index is 1.77. The monoisotopic (exact) mass is 502 g/mol. The lowest BCUT2D eigenvalue weighted by Gasteiger charge is -2.21. The maximum Gasteiger partial charge on any atom is 0.294 e. The van der Waals surface area contributed by atoms with Crippen LogP contribution in [0.15, 0.2) is 97.3 Å². The Labute approximate surface area is 232 Å². The zero-order valence-corrected chi connectivity index (χ0v) is 23.3. The van der Waals surface area contributed by atoms with Crippen LogP contribution in [0.2, 0.25) is 0 Å². The third-order valence-electron chi connectivity index (χ3n) is 7.55. The van der Waals surface area contributed by atoms with E-state index in [-0.39, 0.29) is 0 Å². The molecule has 0 saturated heterocycles. The van der Waals surface area contributed by atoms with Crippen molar-refractivity contribution >= 4 is 0 Å². The molecule has 1 heterocycles. The average Bonchev–Trinajstić information content (AvgIpc) is 3.32. The Bertz CT molecular complexity index is 1660. The first kappa shape index (κ1) is 22.1. The second-order valence-corrected chi connectivity index (χ2v) is 10.8. The molecule has 38 heavy (non-hydrogen) atoms. The van der Waals surface area contributed by atoms with Crippen molar-refractivity contribution in [3.05, 3.63) is 120 Å². The number of aryl methyl sites for hydroxylation is 2. The van der Waals surface area contributed by atoms with Crippen LogP contribution in [0, 0.1) is 13.8 Å². The molecule has 0 spiro atoms. The zero-order valence-electron chi connectivity index (χ0n) is 26.3. The molecule has 0 aliphatic carbocycles. The summed E-state index contributed by atoms with van der Waals surface area (Å²) in [5, 5.41) is 0. The minimum absolute atomic E-state index is 0.310. The van der Waals surface area contributed by atoms with Crippen molar-refractivity contribution in [1.29, 1.82) is 0 Å². The molecule has 0 saturated carbocycles. The number of hydrogen-bond acceptors (Lipinski definition) is 0. The first-order chi connectivity index (χ1) is 19.5. The Morgan fingerprint density at radius 3 is 1.97 bits per heavy atom. The van der Waals surface area contributed by atoms with Crippen LogP contribution in [0.4, 0.5) is 0 Å². The van der Waals surface area contributed by atoms with E-state index in [0.717, 1.165) is 28.1 Å². The quantitative estimate of drug-likeness (QED) is 0.205. The third-order valence-corrected chi connectivity index (χ3v) is 7.55. The fourth-order valence-electron chi connectivity index (χ4n) is 5.50. The maximum atomic E-state index is 8.14. The molecule has 0 aliphatic heterocycles. The number of rotatable bonds is 6. The van der Waals surface area contributed by atoms with E-state index < -0.39 is 6.85 Å². The lowest BCUT2D eigenvalue weighted by molar-refractivity contribution is -0.659. The summed E-state index contributed by atoms with van der Waals surface area (Å²) in [7, 11) is 2.08. The fraction of sp³-hybridized carbons (Fsp3) is 0.250. The Morgan fingerprint density at radius 1 is 0.711 bits per heavy atom. The number of benzene rings is 4. The van der Waals surface area contributed by atoms with Crippen LogP contribution in [0.3, 0.4) is 0 Å². The SMILES string of the molecule is [2H]C([2H])([2H])c1ccccc1-c1cccc(-c2n(-c3c(C(C)C)cc(-c4ccccc4)cc3C(C)C)cc[n+]2C)c1C. The highest BCUT2D eigenvalue weighted by Crippen LogP contribution is 2.39. The molecule has 5 aromatic rings. The summed E-state index contributed by atoms with van der Waals surface area (Å²) in [6.45, 7) is 8.96.